The number of carbonyl (C=O) groups is 1. The number of aliphatic hydroxyl groups is 4. The molecule has 0 radical (unpaired) electrons. The predicted molar refractivity (Wildman–Crippen MR) is 133 cm³/mol. The molecule has 4 saturated carbocycles. The van der Waals surface area contributed by atoms with E-state index in [1.165, 1.54) is 0 Å². The summed E-state index contributed by atoms with van der Waals surface area (Å²) in [6.45, 7) is 13.1. The zero-order valence-corrected chi connectivity index (χ0v) is 22.3. The molecule has 0 amide bonds. The van der Waals surface area contributed by atoms with Crippen LogP contribution < -0.4 is 0 Å². The van der Waals surface area contributed by atoms with Crippen LogP contribution in [0.4, 0.5) is 0 Å². The molecule has 34 heavy (non-hydrogen) atoms. The average Bonchev–Trinajstić information content (AvgIpc) is 3.12. The van der Waals surface area contributed by atoms with Gasteiger partial charge in [-0.3, -0.25) is 4.79 Å². The first kappa shape index (κ1) is 26.6. The minimum absolute atomic E-state index is 0.0172. The number of rotatable bonds is 6. The van der Waals surface area contributed by atoms with Gasteiger partial charge in [0.1, 0.15) is 5.78 Å². The SMILES string of the molecule is CC[C@@H](C(C)C)[C@@H](O)[C@H](O)[C@@H](C)C1CCC2C3CC(=O)[C@H]4C[C@H](O)[C@@H](O)C[C@]4(C)C3CC[C@@]21C. The monoisotopic (exact) mass is 478 g/mol. The van der Waals surface area contributed by atoms with Gasteiger partial charge in [-0.1, -0.05) is 48.0 Å². The van der Waals surface area contributed by atoms with Crippen LogP contribution in [0.5, 0.6) is 0 Å². The first-order chi connectivity index (χ1) is 15.9. The van der Waals surface area contributed by atoms with Crippen molar-refractivity contribution in [2.24, 2.45) is 58.2 Å². The van der Waals surface area contributed by atoms with Crippen molar-refractivity contribution in [2.75, 3.05) is 0 Å². The maximum absolute atomic E-state index is 13.4. The number of ketones is 1. The van der Waals surface area contributed by atoms with E-state index < -0.39 is 24.4 Å². The van der Waals surface area contributed by atoms with Gasteiger partial charge in [-0.2, -0.15) is 0 Å². The van der Waals surface area contributed by atoms with Crippen LogP contribution in [0, 0.1) is 58.2 Å². The van der Waals surface area contributed by atoms with Gasteiger partial charge in [0.15, 0.2) is 0 Å². The van der Waals surface area contributed by atoms with E-state index in [2.05, 4.69) is 41.5 Å². The minimum Gasteiger partial charge on any atom is -0.390 e. The van der Waals surface area contributed by atoms with Gasteiger partial charge in [0, 0.05) is 12.3 Å². The van der Waals surface area contributed by atoms with Crippen molar-refractivity contribution >= 4 is 5.78 Å². The lowest BCUT2D eigenvalue weighted by molar-refractivity contribution is -0.175. The van der Waals surface area contributed by atoms with Crippen molar-refractivity contribution in [1.82, 2.24) is 0 Å². The maximum Gasteiger partial charge on any atom is 0.136 e. The summed E-state index contributed by atoms with van der Waals surface area (Å²) < 4.78 is 0. The Bertz CT molecular complexity index is 753. The highest BCUT2D eigenvalue weighted by Crippen LogP contribution is 2.67. The Morgan fingerprint density at radius 2 is 1.59 bits per heavy atom. The van der Waals surface area contributed by atoms with Gasteiger partial charge < -0.3 is 20.4 Å². The van der Waals surface area contributed by atoms with E-state index in [0.29, 0.717) is 48.9 Å². The van der Waals surface area contributed by atoms with E-state index in [0.717, 1.165) is 32.1 Å². The molecule has 5 nitrogen and oxygen atoms in total. The van der Waals surface area contributed by atoms with Crippen LogP contribution in [0.1, 0.15) is 92.9 Å². The van der Waals surface area contributed by atoms with E-state index in [4.69, 9.17) is 0 Å². The third-order valence-corrected chi connectivity index (χ3v) is 11.8. The van der Waals surface area contributed by atoms with Crippen molar-refractivity contribution in [3.05, 3.63) is 0 Å². The summed E-state index contributed by atoms with van der Waals surface area (Å²) in [4.78, 5) is 13.4. The third-order valence-electron chi connectivity index (χ3n) is 11.8. The van der Waals surface area contributed by atoms with E-state index >= 15 is 0 Å². The second-order valence-electron chi connectivity index (χ2n) is 13.6. The van der Waals surface area contributed by atoms with Crippen molar-refractivity contribution in [3.8, 4) is 0 Å². The fraction of sp³-hybridized carbons (Fsp3) is 0.966. The normalized spacial score (nSPS) is 48.0. The molecule has 0 saturated heterocycles. The van der Waals surface area contributed by atoms with Crippen LogP contribution in [-0.2, 0) is 4.79 Å². The second-order valence-corrected chi connectivity index (χ2v) is 13.6. The minimum atomic E-state index is -0.783. The highest BCUT2D eigenvalue weighted by atomic mass is 16.3. The summed E-state index contributed by atoms with van der Waals surface area (Å²) in [7, 11) is 0. The van der Waals surface area contributed by atoms with E-state index in [1.54, 1.807) is 0 Å². The highest BCUT2D eigenvalue weighted by Gasteiger charge is 2.63. The summed E-state index contributed by atoms with van der Waals surface area (Å²) in [5.74, 6) is 2.12. The second kappa shape index (κ2) is 9.43. The summed E-state index contributed by atoms with van der Waals surface area (Å²) in [6.07, 6.45) is 3.69. The lowest BCUT2D eigenvalue weighted by Crippen LogP contribution is -2.59. The molecule has 0 aromatic heterocycles. The molecule has 4 N–H and O–H groups in total. The van der Waals surface area contributed by atoms with Crippen LogP contribution >= 0.6 is 0 Å². The van der Waals surface area contributed by atoms with Gasteiger partial charge in [-0.15, -0.1) is 0 Å². The number of fused-ring (bicyclic) bond motifs is 5. The van der Waals surface area contributed by atoms with Gasteiger partial charge in [0.25, 0.3) is 0 Å². The van der Waals surface area contributed by atoms with Crippen molar-refractivity contribution in [3.63, 3.8) is 0 Å². The van der Waals surface area contributed by atoms with Crippen LogP contribution in [0.2, 0.25) is 0 Å². The van der Waals surface area contributed by atoms with E-state index in [-0.39, 0.29) is 34.4 Å². The standard InChI is InChI=1S/C29H50O5/c1-7-17(15(2)3)27(34)26(33)16(4)19-8-9-20-18-12-23(30)22-13-24(31)25(32)14-29(22,6)21(18)10-11-28(19,20)5/h15-22,24-27,31-34H,7-14H2,1-6H3/t16-,17-,18?,19?,20?,21?,22+,24-,25-,26+,27+,28+,29+/m0/s1. The highest BCUT2D eigenvalue weighted by molar-refractivity contribution is 5.83. The van der Waals surface area contributed by atoms with E-state index in [1.807, 2.05) is 0 Å². The molecular weight excluding hydrogens is 428 g/mol. The summed E-state index contributed by atoms with van der Waals surface area (Å²) in [5, 5.41) is 43.1. The molecule has 4 aliphatic rings. The first-order valence-electron chi connectivity index (χ1n) is 14.1. The molecule has 0 aromatic carbocycles. The number of aliphatic hydroxyl groups excluding tert-OH is 4. The van der Waals surface area contributed by atoms with E-state index in [9.17, 15) is 25.2 Å². The molecule has 5 heteroatoms. The lowest BCUT2D eigenvalue weighted by atomic mass is 9.44. The molecule has 196 valence electrons. The molecule has 0 heterocycles. The Morgan fingerprint density at radius 1 is 0.941 bits per heavy atom. The fourth-order valence-electron chi connectivity index (χ4n) is 9.89. The Kier molecular flexibility index (Phi) is 7.37. The van der Waals surface area contributed by atoms with Crippen molar-refractivity contribution in [1.29, 1.82) is 0 Å². The molecule has 4 unspecified atom stereocenters. The van der Waals surface area contributed by atoms with Gasteiger partial charge >= 0.3 is 0 Å². The number of Topliss-reactive ketones (excluding diaryl/α,β-unsaturated/α-hetero) is 1. The van der Waals surface area contributed by atoms with Gasteiger partial charge in [-0.05, 0) is 90.8 Å². The summed E-state index contributed by atoms with van der Waals surface area (Å²) in [5.41, 5.74) is -0.165. The van der Waals surface area contributed by atoms with Crippen LogP contribution in [0.25, 0.3) is 0 Å². The topological polar surface area (TPSA) is 98.0 Å². The zero-order valence-electron chi connectivity index (χ0n) is 22.3. The molecule has 0 aromatic rings. The van der Waals surface area contributed by atoms with Crippen molar-refractivity contribution in [2.45, 2.75) is 117 Å². The summed E-state index contributed by atoms with van der Waals surface area (Å²) in [6, 6.07) is 0. The van der Waals surface area contributed by atoms with Crippen LogP contribution in [0.3, 0.4) is 0 Å². The average molecular weight is 479 g/mol. The fourth-order valence-corrected chi connectivity index (χ4v) is 9.89. The number of hydrogen-bond donors (Lipinski definition) is 4. The van der Waals surface area contributed by atoms with Gasteiger partial charge in [0.2, 0.25) is 0 Å². The predicted octanol–water partition coefficient (Wildman–Crippen LogP) is 4.20. The molecule has 0 spiro atoms. The number of hydrogen-bond acceptors (Lipinski definition) is 5. The Morgan fingerprint density at radius 3 is 2.21 bits per heavy atom. The molecule has 4 fully saturated rings. The van der Waals surface area contributed by atoms with Crippen molar-refractivity contribution < 1.29 is 25.2 Å². The molecule has 0 aliphatic heterocycles. The van der Waals surface area contributed by atoms with Gasteiger partial charge in [0.05, 0.1) is 24.4 Å². The molecular formula is C29H50O5. The largest absolute Gasteiger partial charge is 0.390 e. The quantitative estimate of drug-likeness (QED) is 0.459. The molecule has 4 aliphatic carbocycles. The van der Waals surface area contributed by atoms with Gasteiger partial charge in [-0.25, -0.2) is 0 Å². The Hall–Kier alpha value is -0.490. The molecule has 0 bridgehead atoms. The maximum atomic E-state index is 13.4. The molecule has 4 rings (SSSR count). The Balaban J connectivity index is 1.55. The Labute approximate surface area is 206 Å². The third kappa shape index (κ3) is 4.01. The zero-order chi connectivity index (χ0) is 25.2. The van der Waals surface area contributed by atoms with Crippen LogP contribution in [0.15, 0.2) is 0 Å². The smallest absolute Gasteiger partial charge is 0.136 e. The number of carbonyl (C=O) groups excluding carboxylic acids is 1. The summed E-state index contributed by atoms with van der Waals surface area (Å²) >= 11 is 0. The lowest BCUT2D eigenvalue weighted by Gasteiger charge is -2.61. The molecule has 13 atom stereocenters. The first-order valence-corrected chi connectivity index (χ1v) is 14.1. The van der Waals surface area contributed by atoms with Crippen LogP contribution in [-0.4, -0.2) is 50.6 Å².